The van der Waals surface area contributed by atoms with Crippen molar-refractivity contribution in [1.82, 2.24) is 9.78 Å². The van der Waals surface area contributed by atoms with Gasteiger partial charge in [0.25, 0.3) is 0 Å². The Hall–Kier alpha value is -1.61. The number of nitrogens with zero attached hydrogens (tertiary/aromatic N) is 2. The molecule has 0 amide bonds. The van der Waals surface area contributed by atoms with Gasteiger partial charge in [0.05, 0.1) is 11.7 Å². The highest BCUT2D eigenvalue weighted by Gasteiger charge is 2.10. The highest BCUT2D eigenvalue weighted by molar-refractivity contribution is 5.23. The third-order valence-corrected chi connectivity index (χ3v) is 2.81. The number of hydrogen-bond acceptors (Lipinski definition) is 2. The molecule has 1 heterocycles. The van der Waals surface area contributed by atoms with E-state index in [1.54, 1.807) is 6.20 Å². The fourth-order valence-corrected chi connectivity index (χ4v) is 1.83. The molecule has 1 aromatic heterocycles. The molecular formula is C13H17N3. The molecule has 84 valence electrons. The summed E-state index contributed by atoms with van der Waals surface area (Å²) in [7, 11) is 1.92. The normalized spacial score (nSPS) is 12.7. The molecule has 0 aliphatic carbocycles. The minimum atomic E-state index is 0.00945. The van der Waals surface area contributed by atoms with Crippen molar-refractivity contribution in [2.24, 2.45) is 12.8 Å². The van der Waals surface area contributed by atoms with Gasteiger partial charge in [0.2, 0.25) is 0 Å². The number of rotatable bonds is 3. The van der Waals surface area contributed by atoms with Gasteiger partial charge in [-0.2, -0.15) is 5.10 Å². The van der Waals surface area contributed by atoms with Crippen molar-refractivity contribution in [3.8, 4) is 0 Å². The van der Waals surface area contributed by atoms with Crippen LogP contribution in [0.5, 0.6) is 0 Å². The van der Waals surface area contributed by atoms with Crippen LogP contribution in [0, 0.1) is 6.92 Å². The molecule has 0 bridgehead atoms. The van der Waals surface area contributed by atoms with Gasteiger partial charge in [-0.3, -0.25) is 4.68 Å². The predicted molar refractivity (Wildman–Crippen MR) is 65.0 cm³/mol. The van der Waals surface area contributed by atoms with E-state index in [1.165, 1.54) is 11.1 Å². The summed E-state index contributed by atoms with van der Waals surface area (Å²) in [5.41, 5.74) is 9.76. The molecule has 2 aromatic rings. The number of benzene rings is 1. The summed E-state index contributed by atoms with van der Waals surface area (Å²) in [6, 6.07) is 10.5. The van der Waals surface area contributed by atoms with Gasteiger partial charge in [-0.15, -0.1) is 0 Å². The number of aromatic nitrogens is 2. The predicted octanol–water partition coefficient (Wildman–Crippen LogP) is 1.97. The van der Waals surface area contributed by atoms with Crippen molar-refractivity contribution in [2.45, 2.75) is 19.4 Å². The Labute approximate surface area is 95.9 Å². The van der Waals surface area contributed by atoms with Crippen LogP contribution in [0.3, 0.4) is 0 Å². The topological polar surface area (TPSA) is 43.8 Å². The maximum atomic E-state index is 6.15. The molecule has 0 aliphatic heterocycles. The first kappa shape index (κ1) is 10.9. The number of aryl methyl sites for hydroxylation is 2. The van der Waals surface area contributed by atoms with Crippen LogP contribution in [0.4, 0.5) is 0 Å². The van der Waals surface area contributed by atoms with Crippen LogP contribution in [0.15, 0.2) is 36.5 Å². The van der Waals surface area contributed by atoms with Crippen molar-refractivity contribution >= 4 is 0 Å². The zero-order valence-electron chi connectivity index (χ0n) is 9.72. The zero-order chi connectivity index (χ0) is 11.5. The molecule has 3 heteroatoms. The van der Waals surface area contributed by atoms with Crippen LogP contribution in [-0.4, -0.2) is 9.78 Å². The van der Waals surface area contributed by atoms with Crippen LogP contribution < -0.4 is 5.73 Å². The lowest BCUT2D eigenvalue weighted by Crippen LogP contribution is -2.17. The second kappa shape index (κ2) is 4.49. The van der Waals surface area contributed by atoms with Gasteiger partial charge in [-0.05, 0) is 25.0 Å². The lowest BCUT2D eigenvalue weighted by molar-refractivity contribution is 0.617. The van der Waals surface area contributed by atoms with E-state index < -0.39 is 0 Å². The van der Waals surface area contributed by atoms with Crippen molar-refractivity contribution in [1.29, 1.82) is 0 Å². The minimum absolute atomic E-state index is 0.00945. The lowest BCUT2D eigenvalue weighted by Gasteiger charge is -2.12. The Kier molecular flexibility index (Phi) is 3.06. The first-order valence-corrected chi connectivity index (χ1v) is 5.46. The van der Waals surface area contributed by atoms with Crippen molar-refractivity contribution in [2.75, 3.05) is 0 Å². The van der Waals surface area contributed by atoms with Crippen molar-refractivity contribution in [3.63, 3.8) is 0 Å². The Morgan fingerprint density at radius 3 is 2.50 bits per heavy atom. The highest BCUT2D eigenvalue weighted by atomic mass is 15.3. The fourth-order valence-electron chi connectivity index (χ4n) is 1.83. The molecule has 1 atom stereocenters. The third-order valence-electron chi connectivity index (χ3n) is 2.81. The number of hydrogen-bond donors (Lipinski definition) is 1. The molecule has 0 saturated carbocycles. The van der Waals surface area contributed by atoms with Crippen LogP contribution in [0.2, 0.25) is 0 Å². The fraction of sp³-hybridized carbons (Fsp3) is 0.308. The summed E-state index contributed by atoms with van der Waals surface area (Å²) < 4.78 is 1.83. The molecule has 3 nitrogen and oxygen atoms in total. The van der Waals surface area contributed by atoms with Gasteiger partial charge in [-0.25, -0.2) is 0 Å². The molecule has 1 aromatic carbocycles. The van der Waals surface area contributed by atoms with Crippen molar-refractivity contribution in [3.05, 3.63) is 53.3 Å². The van der Waals surface area contributed by atoms with Gasteiger partial charge in [0.1, 0.15) is 0 Å². The van der Waals surface area contributed by atoms with Gasteiger partial charge >= 0.3 is 0 Å². The smallest absolute Gasteiger partial charge is 0.0551 e. The molecule has 0 spiro atoms. The summed E-state index contributed by atoms with van der Waals surface area (Å²) in [4.78, 5) is 0. The minimum Gasteiger partial charge on any atom is -0.322 e. The van der Waals surface area contributed by atoms with Crippen LogP contribution in [-0.2, 0) is 13.5 Å². The molecule has 0 radical (unpaired) electrons. The van der Waals surface area contributed by atoms with E-state index in [0.29, 0.717) is 0 Å². The average Bonchev–Trinajstić information content (AvgIpc) is 2.68. The Bertz CT molecular complexity index is 456. The molecule has 1 unspecified atom stereocenters. The molecule has 2 N–H and O–H groups in total. The summed E-state index contributed by atoms with van der Waals surface area (Å²) in [6.07, 6.45) is 2.63. The second-order valence-electron chi connectivity index (χ2n) is 4.18. The van der Waals surface area contributed by atoms with E-state index in [2.05, 4.69) is 36.3 Å². The van der Waals surface area contributed by atoms with Gasteiger partial charge in [-0.1, -0.05) is 29.8 Å². The molecule has 16 heavy (non-hydrogen) atoms. The summed E-state index contributed by atoms with van der Waals surface area (Å²) in [6.45, 7) is 2.09. The van der Waals surface area contributed by atoms with E-state index in [-0.39, 0.29) is 6.04 Å². The highest BCUT2D eigenvalue weighted by Crippen LogP contribution is 2.15. The Morgan fingerprint density at radius 1 is 1.25 bits per heavy atom. The number of nitrogens with two attached hydrogens (primary N) is 1. The molecule has 0 aliphatic rings. The molecular weight excluding hydrogens is 198 g/mol. The first-order valence-electron chi connectivity index (χ1n) is 5.46. The Balaban J connectivity index is 2.10. The maximum absolute atomic E-state index is 6.15. The van der Waals surface area contributed by atoms with E-state index in [1.807, 2.05) is 17.8 Å². The van der Waals surface area contributed by atoms with Gasteiger partial charge in [0, 0.05) is 13.2 Å². The maximum Gasteiger partial charge on any atom is 0.0551 e. The van der Waals surface area contributed by atoms with Crippen molar-refractivity contribution < 1.29 is 0 Å². The quantitative estimate of drug-likeness (QED) is 0.850. The molecule has 2 rings (SSSR count). The van der Waals surface area contributed by atoms with E-state index in [9.17, 15) is 0 Å². The van der Waals surface area contributed by atoms with E-state index in [0.717, 1.165) is 12.1 Å². The van der Waals surface area contributed by atoms with Gasteiger partial charge < -0.3 is 5.73 Å². The van der Waals surface area contributed by atoms with E-state index >= 15 is 0 Å². The zero-order valence-corrected chi connectivity index (χ0v) is 9.72. The summed E-state index contributed by atoms with van der Waals surface area (Å²) >= 11 is 0. The molecule has 0 saturated heterocycles. The first-order chi connectivity index (χ1) is 7.66. The molecule has 0 fully saturated rings. The standard InChI is InChI=1S/C13H17N3/c1-10-3-5-11(6-4-10)9-12(14)13-7-8-15-16(13)2/h3-8,12H,9,14H2,1-2H3. The van der Waals surface area contributed by atoms with Crippen LogP contribution in [0.25, 0.3) is 0 Å². The second-order valence-corrected chi connectivity index (χ2v) is 4.18. The van der Waals surface area contributed by atoms with E-state index in [4.69, 9.17) is 5.73 Å². The SMILES string of the molecule is Cc1ccc(CC(N)c2ccnn2C)cc1. The summed E-state index contributed by atoms with van der Waals surface area (Å²) in [5.74, 6) is 0. The van der Waals surface area contributed by atoms with Crippen LogP contribution >= 0.6 is 0 Å². The van der Waals surface area contributed by atoms with Gasteiger partial charge in [0.15, 0.2) is 0 Å². The summed E-state index contributed by atoms with van der Waals surface area (Å²) in [5, 5.41) is 4.13. The monoisotopic (exact) mass is 215 g/mol. The largest absolute Gasteiger partial charge is 0.322 e. The average molecular weight is 215 g/mol. The van der Waals surface area contributed by atoms with Crippen LogP contribution in [0.1, 0.15) is 22.9 Å². The Morgan fingerprint density at radius 2 is 1.94 bits per heavy atom. The third kappa shape index (κ3) is 2.31. The lowest BCUT2D eigenvalue weighted by atomic mass is 10.0.